The van der Waals surface area contributed by atoms with Gasteiger partial charge in [0.1, 0.15) is 6.04 Å². The zero-order valence-electron chi connectivity index (χ0n) is 3.53. The maximum atomic E-state index is 9.77. The molecule has 0 aliphatic carbocycles. The van der Waals surface area contributed by atoms with Crippen LogP contribution in [0.15, 0.2) is 0 Å². The van der Waals surface area contributed by atoms with Crippen LogP contribution >= 0.6 is 0 Å². The number of nitrogens with zero attached hydrogens (tertiary/aromatic N) is 1. The fourth-order valence-electron chi connectivity index (χ4n) is 0.336. The van der Waals surface area contributed by atoms with Gasteiger partial charge >= 0.3 is 5.97 Å². The van der Waals surface area contributed by atoms with Crippen molar-refractivity contribution in [2.24, 2.45) is 0 Å². The van der Waals surface area contributed by atoms with Gasteiger partial charge in [0, 0.05) is 0 Å². The van der Waals surface area contributed by atoms with E-state index in [2.05, 4.69) is 0 Å². The highest BCUT2D eigenvalue weighted by atomic mass is 16.5. The van der Waals surface area contributed by atoms with Crippen molar-refractivity contribution in [3.05, 3.63) is 0 Å². The van der Waals surface area contributed by atoms with Crippen LogP contribution < -0.4 is 0 Å². The summed E-state index contributed by atoms with van der Waals surface area (Å²) in [7, 11) is 0. The van der Waals surface area contributed by atoms with E-state index in [9.17, 15) is 4.79 Å². The van der Waals surface area contributed by atoms with Gasteiger partial charge in [-0.25, -0.2) is 0 Å². The Labute approximate surface area is 39.9 Å². The normalized spacial score (nSPS) is 37.9. The molecule has 2 atom stereocenters. The van der Waals surface area contributed by atoms with Gasteiger partial charge in [0.05, 0.1) is 6.54 Å². The van der Waals surface area contributed by atoms with Crippen LogP contribution in [0.25, 0.3) is 0 Å². The van der Waals surface area contributed by atoms with Gasteiger partial charge in [0.25, 0.3) is 0 Å². The highest BCUT2D eigenvalue weighted by Gasteiger charge is 2.39. The van der Waals surface area contributed by atoms with Crippen molar-refractivity contribution < 1.29 is 15.1 Å². The molecule has 7 heavy (non-hydrogen) atoms. The first-order valence-corrected chi connectivity index (χ1v) is 1.90. The minimum absolute atomic E-state index is 0.273. The summed E-state index contributed by atoms with van der Waals surface area (Å²) in [5, 5.41) is 17.0. The number of hydrogen-bond acceptors (Lipinski definition) is 3. The minimum atomic E-state index is -0.956. The predicted octanol–water partition coefficient (Wildman–Crippen LogP) is -0.856. The second-order valence-electron chi connectivity index (χ2n) is 1.48. The summed E-state index contributed by atoms with van der Waals surface area (Å²) in [4.78, 5) is 9.77. The Bertz CT molecular complexity index is 102. The highest BCUT2D eigenvalue weighted by molar-refractivity contribution is 5.76. The van der Waals surface area contributed by atoms with Crippen molar-refractivity contribution in [1.29, 1.82) is 0 Å². The number of hydrogen-bond donors (Lipinski definition) is 2. The molecule has 2 N–H and O–H groups in total. The van der Waals surface area contributed by atoms with E-state index in [-0.39, 0.29) is 6.54 Å². The van der Waals surface area contributed by atoms with E-state index in [4.69, 9.17) is 10.3 Å². The summed E-state index contributed by atoms with van der Waals surface area (Å²) in [6, 6.07) is -0.625. The third-order valence-electron chi connectivity index (χ3n) is 0.871. The van der Waals surface area contributed by atoms with Crippen LogP contribution in [-0.4, -0.2) is 33.9 Å². The molecule has 1 aliphatic rings. The first kappa shape index (κ1) is 4.55. The number of rotatable bonds is 1. The topological polar surface area (TPSA) is 60.5 Å². The first-order valence-electron chi connectivity index (χ1n) is 1.90. The van der Waals surface area contributed by atoms with Crippen molar-refractivity contribution in [3.63, 3.8) is 0 Å². The predicted molar refractivity (Wildman–Crippen MR) is 19.9 cm³/mol. The van der Waals surface area contributed by atoms with Crippen molar-refractivity contribution >= 4 is 5.97 Å². The lowest BCUT2D eigenvalue weighted by atomic mass is 10.5. The summed E-state index contributed by atoms with van der Waals surface area (Å²) in [6.07, 6.45) is 0. The molecule has 1 rings (SSSR count). The summed E-state index contributed by atoms with van der Waals surface area (Å²) < 4.78 is 0. The molecule has 0 saturated carbocycles. The summed E-state index contributed by atoms with van der Waals surface area (Å²) >= 11 is 0. The lowest BCUT2D eigenvalue weighted by molar-refractivity contribution is -0.140. The molecule has 1 fully saturated rings. The number of aliphatic carboxylic acids is 1. The molecular weight excluding hydrogens is 98.0 g/mol. The van der Waals surface area contributed by atoms with Crippen LogP contribution in [0, 0.1) is 0 Å². The monoisotopic (exact) mass is 103 g/mol. The molecule has 0 bridgehead atoms. The summed E-state index contributed by atoms with van der Waals surface area (Å²) in [5.74, 6) is -0.956. The van der Waals surface area contributed by atoms with E-state index in [0.717, 1.165) is 5.06 Å². The Morgan fingerprint density at radius 3 is 2.29 bits per heavy atom. The van der Waals surface area contributed by atoms with E-state index in [1.807, 2.05) is 0 Å². The first-order chi connectivity index (χ1) is 3.22. The molecule has 0 aromatic rings. The lowest BCUT2D eigenvalue weighted by Gasteiger charge is -1.81. The van der Waals surface area contributed by atoms with Crippen molar-refractivity contribution in [2.75, 3.05) is 6.54 Å². The fourth-order valence-corrected chi connectivity index (χ4v) is 0.336. The average molecular weight is 103 g/mol. The number of carboxylic acids is 1. The lowest BCUT2D eigenvalue weighted by Crippen LogP contribution is -2.08. The second-order valence-corrected chi connectivity index (χ2v) is 1.48. The third-order valence-corrected chi connectivity index (χ3v) is 0.871. The number of carboxylic acid groups (broad SMARTS) is 1. The van der Waals surface area contributed by atoms with Crippen LogP contribution in [0.3, 0.4) is 0 Å². The molecule has 0 spiro atoms. The van der Waals surface area contributed by atoms with E-state index in [1.54, 1.807) is 0 Å². The fraction of sp³-hybridized carbons (Fsp3) is 0.667. The molecule has 1 heterocycles. The maximum absolute atomic E-state index is 9.77. The Morgan fingerprint density at radius 1 is 1.86 bits per heavy atom. The molecule has 0 aromatic heterocycles. The van der Waals surface area contributed by atoms with E-state index in [1.165, 1.54) is 0 Å². The summed E-state index contributed by atoms with van der Waals surface area (Å²) in [6.45, 7) is 0.273. The van der Waals surface area contributed by atoms with Crippen LogP contribution in [0.4, 0.5) is 0 Å². The minimum Gasteiger partial charge on any atom is -0.480 e. The number of hydroxylamine groups is 2. The average Bonchev–Trinajstić information content (AvgIpc) is 2.17. The van der Waals surface area contributed by atoms with Gasteiger partial charge in [0.2, 0.25) is 0 Å². The van der Waals surface area contributed by atoms with E-state index in [0.29, 0.717) is 0 Å². The van der Waals surface area contributed by atoms with Gasteiger partial charge in [-0.2, -0.15) is 5.06 Å². The van der Waals surface area contributed by atoms with Gasteiger partial charge < -0.3 is 10.3 Å². The molecule has 0 amide bonds. The molecule has 4 heteroatoms. The van der Waals surface area contributed by atoms with Gasteiger partial charge in [-0.05, 0) is 0 Å². The largest absolute Gasteiger partial charge is 0.480 e. The highest BCUT2D eigenvalue weighted by Crippen LogP contribution is 2.11. The Kier molecular flexibility index (Phi) is 0.765. The Hall–Kier alpha value is -0.610. The van der Waals surface area contributed by atoms with Crippen LogP contribution in [0.2, 0.25) is 0 Å². The van der Waals surface area contributed by atoms with Crippen molar-refractivity contribution in [3.8, 4) is 0 Å². The van der Waals surface area contributed by atoms with Gasteiger partial charge in [-0.1, -0.05) is 0 Å². The summed E-state index contributed by atoms with van der Waals surface area (Å²) in [5.41, 5.74) is 0. The Balaban J connectivity index is 2.33. The smallest absolute Gasteiger partial charge is 0.324 e. The van der Waals surface area contributed by atoms with Crippen molar-refractivity contribution in [1.82, 2.24) is 5.06 Å². The molecule has 0 aromatic carbocycles. The molecule has 2 unspecified atom stereocenters. The van der Waals surface area contributed by atoms with Gasteiger partial charge in [0.15, 0.2) is 0 Å². The zero-order valence-corrected chi connectivity index (χ0v) is 3.53. The van der Waals surface area contributed by atoms with Crippen LogP contribution in [0.5, 0.6) is 0 Å². The molecule has 0 radical (unpaired) electrons. The molecule has 1 aliphatic heterocycles. The maximum Gasteiger partial charge on any atom is 0.324 e. The van der Waals surface area contributed by atoms with Crippen molar-refractivity contribution in [2.45, 2.75) is 6.04 Å². The molecule has 40 valence electrons. The molecule has 1 saturated heterocycles. The third kappa shape index (κ3) is 0.703. The number of carbonyl (C=O) groups is 1. The Morgan fingerprint density at radius 2 is 2.29 bits per heavy atom. The molecular formula is C3H5NO3. The van der Waals surface area contributed by atoms with Gasteiger partial charge in [-0.3, -0.25) is 4.79 Å². The zero-order chi connectivity index (χ0) is 5.44. The van der Waals surface area contributed by atoms with E-state index >= 15 is 0 Å². The van der Waals surface area contributed by atoms with E-state index < -0.39 is 12.0 Å². The molecule has 4 nitrogen and oxygen atoms in total. The van der Waals surface area contributed by atoms with Crippen LogP contribution in [0.1, 0.15) is 0 Å². The van der Waals surface area contributed by atoms with Crippen LogP contribution in [-0.2, 0) is 4.79 Å². The van der Waals surface area contributed by atoms with Gasteiger partial charge in [-0.15, -0.1) is 0 Å². The second kappa shape index (κ2) is 1.18. The quantitative estimate of drug-likeness (QED) is 0.424. The SMILES string of the molecule is O=C(O)C1CN1O. The standard InChI is InChI=1S/C3H5NO3/c5-3(6)2-1-4(2)7/h2,7H,1H2,(H,5,6).